The Morgan fingerprint density at radius 3 is 2.54 bits per heavy atom. The number of hydrogen-bond acceptors (Lipinski definition) is 1. The van der Waals surface area contributed by atoms with Gasteiger partial charge in [-0.25, -0.2) is 0 Å². The molecule has 0 aliphatic carbocycles. The Bertz CT molecular complexity index is 388. The maximum Gasteiger partial charge on any atom is 0.0672 e. The number of aromatic amines is 1. The number of fused-ring (bicyclic) bond motifs is 1. The molecule has 2 aromatic heterocycles. The summed E-state index contributed by atoms with van der Waals surface area (Å²) in [5.74, 6) is 0. The Morgan fingerprint density at radius 1 is 1.23 bits per heavy atom. The molecule has 0 amide bonds. The molecule has 0 atom stereocenters. The van der Waals surface area contributed by atoms with E-state index in [1.54, 1.807) is 0 Å². The van der Waals surface area contributed by atoms with Crippen molar-refractivity contribution in [2.45, 2.75) is 27.7 Å². The lowest BCUT2D eigenvalue weighted by atomic mass is 10.2. The van der Waals surface area contributed by atoms with Crippen LogP contribution in [0.3, 0.4) is 0 Å². The van der Waals surface area contributed by atoms with E-state index in [4.69, 9.17) is 0 Å². The van der Waals surface area contributed by atoms with Gasteiger partial charge in [-0.3, -0.25) is 4.98 Å². The van der Waals surface area contributed by atoms with Gasteiger partial charge < -0.3 is 4.98 Å². The lowest BCUT2D eigenvalue weighted by Crippen LogP contribution is -1.80. The van der Waals surface area contributed by atoms with Crippen molar-refractivity contribution in [2.75, 3.05) is 0 Å². The maximum absolute atomic E-state index is 4.19. The van der Waals surface area contributed by atoms with Gasteiger partial charge in [0, 0.05) is 17.3 Å². The van der Waals surface area contributed by atoms with E-state index in [9.17, 15) is 0 Å². The molecule has 2 aromatic rings. The summed E-state index contributed by atoms with van der Waals surface area (Å²) in [7, 11) is 0. The second-order valence-corrected chi connectivity index (χ2v) is 2.81. The molecular formula is C11H16N2. The van der Waals surface area contributed by atoms with Gasteiger partial charge >= 0.3 is 0 Å². The molecule has 0 aromatic carbocycles. The minimum Gasteiger partial charge on any atom is -0.357 e. The molecule has 0 saturated carbocycles. The molecule has 0 unspecified atom stereocenters. The highest BCUT2D eigenvalue weighted by atomic mass is 14.8. The van der Waals surface area contributed by atoms with Crippen molar-refractivity contribution < 1.29 is 0 Å². The number of aromatic nitrogens is 2. The number of aryl methyl sites for hydroxylation is 2. The van der Waals surface area contributed by atoms with Crippen LogP contribution in [0.15, 0.2) is 18.3 Å². The van der Waals surface area contributed by atoms with Gasteiger partial charge in [0.1, 0.15) is 0 Å². The summed E-state index contributed by atoms with van der Waals surface area (Å²) in [5.41, 5.74) is 3.41. The number of rotatable bonds is 0. The van der Waals surface area contributed by atoms with Crippen LogP contribution in [0.5, 0.6) is 0 Å². The summed E-state index contributed by atoms with van der Waals surface area (Å²) in [6.45, 7) is 8.07. The van der Waals surface area contributed by atoms with Crippen LogP contribution in [0.2, 0.25) is 0 Å². The predicted molar refractivity (Wildman–Crippen MR) is 56.9 cm³/mol. The fourth-order valence-corrected chi connectivity index (χ4v) is 1.34. The van der Waals surface area contributed by atoms with Crippen molar-refractivity contribution >= 4 is 10.9 Å². The normalized spacial score (nSPS) is 9.54. The van der Waals surface area contributed by atoms with Crippen LogP contribution in [-0.2, 0) is 0 Å². The van der Waals surface area contributed by atoms with E-state index >= 15 is 0 Å². The van der Waals surface area contributed by atoms with E-state index in [1.807, 2.05) is 33.0 Å². The molecule has 2 rings (SSSR count). The Labute approximate surface area is 79.0 Å². The van der Waals surface area contributed by atoms with Crippen LogP contribution < -0.4 is 0 Å². The molecule has 1 N–H and O–H groups in total. The zero-order valence-electron chi connectivity index (χ0n) is 8.68. The van der Waals surface area contributed by atoms with Gasteiger partial charge in [-0.15, -0.1) is 0 Å². The van der Waals surface area contributed by atoms with Crippen LogP contribution in [0, 0.1) is 13.8 Å². The monoisotopic (exact) mass is 176 g/mol. The van der Waals surface area contributed by atoms with Gasteiger partial charge in [0.05, 0.1) is 11.2 Å². The Hall–Kier alpha value is -1.31. The third kappa shape index (κ3) is 1.89. The fraction of sp³-hybridized carbons (Fsp3) is 0.364. The average Bonchev–Trinajstić information content (AvgIpc) is 2.51. The van der Waals surface area contributed by atoms with Crippen molar-refractivity contribution in [3.8, 4) is 0 Å². The molecule has 0 saturated heterocycles. The highest BCUT2D eigenvalue weighted by Crippen LogP contribution is 2.15. The number of nitrogens with zero attached hydrogens (tertiary/aromatic N) is 1. The third-order valence-corrected chi connectivity index (χ3v) is 1.87. The molecule has 0 aliphatic rings. The Morgan fingerprint density at radius 2 is 1.92 bits per heavy atom. The van der Waals surface area contributed by atoms with E-state index in [1.165, 1.54) is 11.1 Å². The minimum absolute atomic E-state index is 1.07. The molecule has 0 aliphatic heterocycles. The van der Waals surface area contributed by atoms with Crippen molar-refractivity contribution in [3.05, 3.63) is 29.7 Å². The van der Waals surface area contributed by atoms with Crippen molar-refractivity contribution in [3.63, 3.8) is 0 Å². The molecule has 0 fully saturated rings. The number of pyridine rings is 1. The summed E-state index contributed by atoms with van der Waals surface area (Å²) in [6.07, 6.45) is 1.84. The van der Waals surface area contributed by atoms with Crippen LogP contribution in [0.25, 0.3) is 10.9 Å². The van der Waals surface area contributed by atoms with Gasteiger partial charge in [-0.2, -0.15) is 0 Å². The van der Waals surface area contributed by atoms with Crippen molar-refractivity contribution in [1.29, 1.82) is 0 Å². The zero-order chi connectivity index (χ0) is 9.84. The van der Waals surface area contributed by atoms with Crippen molar-refractivity contribution in [1.82, 2.24) is 9.97 Å². The largest absolute Gasteiger partial charge is 0.357 e. The molecule has 70 valence electrons. The van der Waals surface area contributed by atoms with E-state index in [0.29, 0.717) is 0 Å². The van der Waals surface area contributed by atoms with E-state index in [-0.39, 0.29) is 0 Å². The molecule has 0 spiro atoms. The lowest BCUT2D eigenvalue weighted by molar-refractivity contribution is 1.20. The van der Waals surface area contributed by atoms with E-state index in [2.05, 4.69) is 23.0 Å². The Balaban J connectivity index is 0.000000396. The second-order valence-electron chi connectivity index (χ2n) is 2.81. The topological polar surface area (TPSA) is 28.7 Å². The fourth-order valence-electron chi connectivity index (χ4n) is 1.34. The SMILES string of the molecule is CC.Cc1cc2ccnc(C)c2[nH]1. The molecule has 0 bridgehead atoms. The first-order chi connectivity index (χ1) is 6.27. The third-order valence-electron chi connectivity index (χ3n) is 1.87. The standard InChI is InChI=1S/C9H10N2.C2H6/c1-6-5-8-3-4-10-7(2)9(8)11-6;1-2/h3-5,11H,1-2H3;1-2H3. The van der Waals surface area contributed by atoms with Crippen LogP contribution >= 0.6 is 0 Å². The van der Waals surface area contributed by atoms with Gasteiger partial charge in [-0.1, -0.05) is 13.8 Å². The maximum atomic E-state index is 4.19. The quantitative estimate of drug-likeness (QED) is 0.656. The summed E-state index contributed by atoms with van der Waals surface area (Å²) in [5, 5.41) is 1.25. The van der Waals surface area contributed by atoms with Gasteiger partial charge in [0.25, 0.3) is 0 Å². The lowest BCUT2D eigenvalue weighted by Gasteiger charge is -1.91. The van der Waals surface area contributed by atoms with Crippen molar-refractivity contribution in [2.24, 2.45) is 0 Å². The molecule has 2 nitrogen and oxygen atoms in total. The smallest absolute Gasteiger partial charge is 0.0672 e. The number of hydrogen-bond donors (Lipinski definition) is 1. The highest BCUT2D eigenvalue weighted by Gasteiger charge is 1.98. The zero-order valence-corrected chi connectivity index (χ0v) is 8.68. The highest BCUT2D eigenvalue weighted by molar-refractivity contribution is 5.81. The molecule has 0 radical (unpaired) electrons. The first-order valence-electron chi connectivity index (χ1n) is 4.68. The molecule has 2 heteroatoms. The van der Waals surface area contributed by atoms with E-state index in [0.717, 1.165) is 11.2 Å². The number of nitrogens with one attached hydrogen (secondary N) is 1. The van der Waals surface area contributed by atoms with Crippen LogP contribution in [-0.4, -0.2) is 9.97 Å². The van der Waals surface area contributed by atoms with E-state index < -0.39 is 0 Å². The van der Waals surface area contributed by atoms with Crippen LogP contribution in [0.4, 0.5) is 0 Å². The van der Waals surface area contributed by atoms with Gasteiger partial charge in [0.2, 0.25) is 0 Å². The first kappa shape index (κ1) is 9.78. The Kier molecular flexibility index (Phi) is 3.07. The summed E-state index contributed by atoms with van der Waals surface area (Å²) < 4.78 is 0. The molecular weight excluding hydrogens is 160 g/mol. The molecule has 2 heterocycles. The van der Waals surface area contributed by atoms with Gasteiger partial charge in [0.15, 0.2) is 0 Å². The molecule has 13 heavy (non-hydrogen) atoms. The summed E-state index contributed by atoms with van der Waals surface area (Å²) in [4.78, 5) is 7.45. The first-order valence-corrected chi connectivity index (χ1v) is 4.68. The summed E-state index contributed by atoms with van der Waals surface area (Å²) >= 11 is 0. The minimum atomic E-state index is 1.07. The second kappa shape index (κ2) is 4.08. The predicted octanol–water partition coefficient (Wildman–Crippen LogP) is 3.21. The average molecular weight is 176 g/mol. The van der Waals surface area contributed by atoms with Gasteiger partial charge in [-0.05, 0) is 26.0 Å². The summed E-state index contributed by atoms with van der Waals surface area (Å²) in [6, 6.07) is 4.15. The van der Waals surface area contributed by atoms with Crippen LogP contribution in [0.1, 0.15) is 25.2 Å². The number of H-pyrrole nitrogens is 1.